The molecule has 2 N–H and O–H groups in total. The van der Waals surface area contributed by atoms with Crippen LogP contribution in [-0.2, 0) is 4.74 Å². The minimum atomic E-state index is -0.383. The number of hydrogen-bond donors (Lipinski definition) is 2. The quantitative estimate of drug-likeness (QED) is 0.490. The van der Waals surface area contributed by atoms with E-state index in [4.69, 9.17) is 4.74 Å². The molecule has 0 bridgehead atoms. The molecule has 1 aromatic heterocycles. The first-order valence-corrected chi connectivity index (χ1v) is 8.64. The van der Waals surface area contributed by atoms with Gasteiger partial charge in [0.15, 0.2) is 5.78 Å². The van der Waals surface area contributed by atoms with Crippen LogP contribution in [0.3, 0.4) is 0 Å². The second-order valence-corrected chi connectivity index (χ2v) is 6.14. The molecule has 28 heavy (non-hydrogen) atoms. The molecule has 0 spiro atoms. The summed E-state index contributed by atoms with van der Waals surface area (Å²) >= 11 is 0. The van der Waals surface area contributed by atoms with Gasteiger partial charge in [-0.2, -0.15) is 0 Å². The van der Waals surface area contributed by atoms with E-state index in [2.05, 4.69) is 20.6 Å². The van der Waals surface area contributed by atoms with Crippen molar-refractivity contribution in [3.05, 3.63) is 71.5 Å². The van der Waals surface area contributed by atoms with Crippen LogP contribution >= 0.6 is 0 Å². The van der Waals surface area contributed by atoms with Gasteiger partial charge in [0.1, 0.15) is 17.5 Å². The molecule has 7 nitrogen and oxygen atoms in total. The highest BCUT2D eigenvalue weighted by molar-refractivity contribution is 5.94. The third kappa shape index (κ3) is 4.70. The van der Waals surface area contributed by atoms with Crippen molar-refractivity contribution in [3.8, 4) is 0 Å². The number of carbonyl (C=O) groups excluding carboxylic acids is 2. The standard InChI is InChI=1S/C21H20N4O3/c1-13(26)15-4-8-17(9-5-15)24-19-12-20(23-14(2)22-19)25-18-10-6-16(7-11-18)21(27)28-3/h4-12H,1-3H3,(H2,22,23,24,25). The highest BCUT2D eigenvalue weighted by Crippen LogP contribution is 2.21. The Morgan fingerprint density at radius 3 is 1.71 bits per heavy atom. The Bertz CT molecular complexity index is 999. The molecule has 0 aliphatic rings. The number of carbonyl (C=O) groups is 2. The minimum absolute atomic E-state index is 0.0223. The summed E-state index contributed by atoms with van der Waals surface area (Å²) in [7, 11) is 1.35. The summed E-state index contributed by atoms with van der Waals surface area (Å²) in [6.45, 7) is 3.33. The summed E-state index contributed by atoms with van der Waals surface area (Å²) in [5.41, 5.74) is 2.73. The van der Waals surface area contributed by atoms with Crippen LogP contribution in [-0.4, -0.2) is 28.8 Å². The van der Waals surface area contributed by atoms with Crippen LogP contribution in [0, 0.1) is 6.92 Å². The first kappa shape index (κ1) is 19.0. The monoisotopic (exact) mass is 376 g/mol. The van der Waals surface area contributed by atoms with Crippen molar-refractivity contribution in [2.75, 3.05) is 17.7 Å². The summed E-state index contributed by atoms with van der Waals surface area (Å²) in [6, 6.07) is 15.9. The number of Topliss-reactive ketones (excluding diaryl/α,β-unsaturated/α-hetero) is 1. The van der Waals surface area contributed by atoms with Crippen molar-refractivity contribution in [1.29, 1.82) is 0 Å². The van der Waals surface area contributed by atoms with Gasteiger partial charge in [-0.1, -0.05) is 0 Å². The topological polar surface area (TPSA) is 93.2 Å². The van der Waals surface area contributed by atoms with E-state index < -0.39 is 0 Å². The van der Waals surface area contributed by atoms with Gasteiger partial charge in [0.25, 0.3) is 0 Å². The molecule has 0 aliphatic carbocycles. The van der Waals surface area contributed by atoms with Crippen molar-refractivity contribution in [3.63, 3.8) is 0 Å². The van der Waals surface area contributed by atoms with Crippen molar-refractivity contribution in [1.82, 2.24) is 9.97 Å². The van der Waals surface area contributed by atoms with Crippen molar-refractivity contribution < 1.29 is 14.3 Å². The summed E-state index contributed by atoms with van der Waals surface area (Å²) < 4.78 is 4.70. The van der Waals surface area contributed by atoms with Gasteiger partial charge in [0.2, 0.25) is 0 Å². The number of methoxy groups -OCH3 is 1. The Balaban J connectivity index is 1.75. The molecule has 7 heteroatoms. The molecule has 0 aliphatic heterocycles. The van der Waals surface area contributed by atoms with Gasteiger partial charge in [-0.15, -0.1) is 0 Å². The lowest BCUT2D eigenvalue weighted by Crippen LogP contribution is -2.03. The third-order valence-electron chi connectivity index (χ3n) is 3.98. The fourth-order valence-electron chi connectivity index (χ4n) is 2.59. The number of benzene rings is 2. The molecule has 2 aromatic carbocycles. The summed E-state index contributed by atoms with van der Waals surface area (Å²) in [4.78, 5) is 31.7. The van der Waals surface area contributed by atoms with Crippen LogP contribution in [0.2, 0.25) is 0 Å². The number of aromatic nitrogens is 2. The maximum atomic E-state index is 11.5. The Morgan fingerprint density at radius 2 is 1.29 bits per heavy atom. The van der Waals surface area contributed by atoms with E-state index in [9.17, 15) is 9.59 Å². The van der Waals surface area contributed by atoms with Gasteiger partial charge < -0.3 is 15.4 Å². The molecule has 0 atom stereocenters. The number of aryl methyl sites for hydroxylation is 1. The first-order chi connectivity index (χ1) is 13.4. The Labute approximate surface area is 162 Å². The van der Waals surface area contributed by atoms with Crippen LogP contribution in [0.15, 0.2) is 54.6 Å². The number of ketones is 1. The van der Waals surface area contributed by atoms with Gasteiger partial charge in [0, 0.05) is 23.0 Å². The first-order valence-electron chi connectivity index (χ1n) is 8.64. The summed E-state index contributed by atoms with van der Waals surface area (Å²) in [5.74, 6) is 1.47. The fraction of sp³-hybridized carbons (Fsp3) is 0.143. The molecule has 0 unspecified atom stereocenters. The van der Waals surface area contributed by atoms with E-state index in [1.54, 1.807) is 49.4 Å². The molecule has 3 rings (SSSR count). The number of hydrogen-bond acceptors (Lipinski definition) is 7. The number of ether oxygens (including phenoxy) is 1. The van der Waals surface area contributed by atoms with Crippen LogP contribution in [0.4, 0.5) is 23.0 Å². The fourth-order valence-corrected chi connectivity index (χ4v) is 2.59. The molecular weight excluding hydrogens is 356 g/mol. The Hall–Kier alpha value is -3.74. The number of esters is 1. The lowest BCUT2D eigenvalue weighted by atomic mass is 10.1. The van der Waals surface area contributed by atoms with Crippen LogP contribution in [0.1, 0.15) is 33.5 Å². The maximum absolute atomic E-state index is 11.5. The molecule has 1 heterocycles. The van der Waals surface area contributed by atoms with E-state index in [0.29, 0.717) is 28.6 Å². The van der Waals surface area contributed by atoms with Crippen molar-refractivity contribution >= 4 is 34.8 Å². The lowest BCUT2D eigenvalue weighted by Gasteiger charge is -2.11. The highest BCUT2D eigenvalue weighted by Gasteiger charge is 2.07. The minimum Gasteiger partial charge on any atom is -0.465 e. The normalized spacial score (nSPS) is 10.2. The zero-order chi connectivity index (χ0) is 20.1. The average molecular weight is 376 g/mol. The number of rotatable bonds is 6. The van der Waals surface area contributed by atoms with Gasteiger partial charge in [-0.05, 0) is 62.4 Å². The maximum Gasteiger partial charge on any atom is 0.337 e. The predicted molar refractivity (Wildman–Crippen MR) is 108 cm³/mol. The van der Waals surface area contributed by atoms with E-state index in [1.807, 2.05) is 12.1 Å². The SMILES string of the molecule is COC(=O)c1ccc(Nc2cc(Nc3ccc(C(C)=O)cc3)nc(C)n2)cc1. The predicted octanol–water partition coefficient (Wildman–Crippen LogP) is 4.26. The van der Waals surface area contributed by atoms with Gasteiger partial charge >= 0.3 is 5.97 Å². The van der Waals surface area contributed by atoms with E-state index >= 15 is 0 Å². The van der Waals surface area contributed by atoms with Gasteiger partial charge in [-0.25, -0.2) is 14.8 Å². The molecule has 0 amide bonds. The highest BCUT2D eigenvalue weighted by atomic mass is 16.5. The number of anilines is 4. The molecule has 3 aromatic rings. The molecule has 0 saturated carbocycles. The molecule has 142 valence electrons. The molecular formula is C21H20N4O3. The zero-order valence-electron chi connectivity index (χ0n) is 15.8. The number of nitrogens with zero attached hydrogens (tertiary/aromatic N) is 2. The molecule has 0 radical (unpaired) electrons. The second kappa shape index (κ2) is 8.30. The van der Waals surface area contributed by atoms with Crippen molar-refractivity contribution in [2.45, 2.75) is 13.8 Å². The van der Waals surface area contributed by atoms with Crippen LogP contribution in [0.25, 0.3) is 0 Å². The van der Waals surface area contributed by atoms with E-state index in [0.717, 1.165) is 11.4 Å². The Morgan fingerprint density at radius 1 is 0.821 bits per heavy atom. The lowest BCUT2D eigenvalue weighted by molar-refractivity contribution is 0.0600. The zero-order valence-corrected chi connectivity index (χ0v) is 15.8. The second-order valence-electron chi connectivity index (χ2n) is 6.14. The summed E-state index contributed by atoms with van der Waals surface area (Å²) in [6.07, 6.45) is 0. The number of nitrogens with one attached hydrogen (secondary N) is 2. The van der Waals surface area contributed by atoms with Crippen molar-refractivity contribution in [2.24, 2.45) is 0 Å². The van der Waals surface area contributed by atoms with Crippen LogP contribution in [0.5, 0.6) is 0 Å². The molecule has 0 fully saturated rings. The largest absolute Gasteiger partial charge is 0.465 e. The van der Waals surface area contributed by atoms with Gasteiger partial charge in [-0.3, -0.25) is 4.79 Å². The van der Waals surface area contributed by atoms with Crippen LogP contribution < -0.4 is 10.6 Å². The smallest absolute Gasteiger partial charge is 0.337 e. The Kier molecular flexibility index (Phi) is 5.64. The summed E-state index contributed by atoms with van der Waals surface area (Å²) in [5, 5.41) is 6.40. The average Bonchev–Trinajstić information content (AvgIpc) is 2.68. The third-order valence-corrected chi connectivity index (χ3v) is 3.98. The van der Waals surface area contributed by atoms with Gasteiger partial charge in [0.05, 0.1) is 12.7 Å². The molecule has 0 saturated heterocycles. The van der Waals surface area contributed by atoms with E-state index in [-0.39, 0.29) is 11.8 Å². The van der Waals surface area contributed by atoms with E-state index in [1.165, 1.54) is 14.0 Å².